The summed E-state index contributed by atoms with van der Waals surface area (Å²) in [6.07, 6.45) is -0.711. The number of thioether (sulfide) groups is 1. The summed E-state index contributed by atoms with van der Waals surface area (Å²) < 4.78 is 40.1. The minimum absolute atomic E-state index is 0.00504. The van der Waals surface area contributed by atoms with E-state index in [1.165, 1.54) is 6.20 Å². The first-order valence-electron chi connectivity index (χ1n) is 8.00. The van der Waals surface area contributed by atoms with Crippen LogP contribution in [0.15, 0.2) is 24.5 Å². The van der Waals surface area contributed by atoms with Gasteiger partial charge in [0.15, 0.2) is 5.69 Å². The fourth-order valence-electron chi connectivity index (χ4n) is 3.59. The standard InChI is InChI=1S/C17H12F3N5S/c18-17(19,20)16-10(6-22-25-16)15-11-7-26-4-3-8(11)14-9-5-21-24-12(9)1-2-13(14)23-15/h1-2,5-6H,3-4,7H2,(H,21,24)(H,22,25). The summed E-state index contributed by atoms with van der Waals surface area (Å²) in [5.41, 5.74) is 2.93. The van der Waals surface area contributed by atoms with Crippen LogP contribution in [0.3, 0.4) is 0 Å². The van der Waals surface area contributed by atoms with Crippen molar-refractivity contribution in [2.75, 3.05) is 5.75 Å². The molecule has 0 spiro atoms. The maximum atomic E-state index is 13.4. The van der Waals surface area contributed by atoms with Gasteiger partial charge in [0.25, 0.3) is 0 Å². The van der Waals surface area contributed by atoms with Crippen molar-refractivity contribution in [1.29, 1.82) is 0 Å². The van der Waals surface area contributed by atoms with E-state index in [9.17, 15) is 13.2 Å². The maximum Gasteiger partial charge on any atom is 0.435 e. The quantitative estimate of drug-likeness (QED) is 0.520. The van der Waals surface area contributed by atoms with Crippen LogP contribution in [0.1, 0.15) is 16.8 Å². The number of nitrogens with zero attached hydrogens (tertiary/aromatic N) is 3. The average molecular weight is 375 g/mol. The molecule has 1 aliphatic rings. The number of benzene rings is 1. The van der Waals surface area contributed by atoms with E-state index in [0.717, 1.165) is 39.6 Å². The van der Waals surface area contributed by atoms with Gasteiger partial charge in [-0.15, -0.1) is 0 Å². The highest BCUT2D eigenvalue weighted by molar-refractivity contribution is 7.98. The molecular formula is C17H12F3N5S. The van der Waals surface area contributed by atoms with Crippen LogP contribution in [0.2, 0.25) is 0 Å². The lowest BCUT2D eigenvalue weighted by Gasteiger charge is -2.21. The highest BCUT2D eigenvalue weighted by atomic mass is 32.2. The Hall–Kier alpha value is -2.55. The Balaban J connectivity index is 1.88. The van der Waals surface area contributed by atoms with Crippen LogP contribution in [0.25, 0.3) is 33.1 Å². The van der Waals surface area contributed by atoms with Gasteiger partial charge >= 0.3 is 6.18 Å². The SMILES string of the molecule is FC(F)(F)c1n[nH]cc1-c1nc2ccc3[nH]ncc3c2c2c1CSCC2. The summed E-state index contributed by atoms with van der Waals surface area (Å²) in [4.78, 5) is 4.62. The molecule has 0 radical (unpaired) electrons. The molecule has 5 nitrogen and oxygen atoms in total. The third-order valence-corrected chi connectivity index (χ3v) is 5.68. The molecular weight excluding hydrogens is 363 g/mol. The lowest BCUT2D eigenvalue weighted by molar-refractivity contribution is -0.140. The van der Waals surface area contributed by atoms with Gasteiger partial charge in [0.05, 0.1) is 28.5 Å². The van der Waals surface area contributed by atoms with E-state index < -0.39 is 11.9 Å². The van der Waals surface area contributed by atoms with E-state index in [0.29, 0.717) is 17.0 Å². The molecule has 1 aliphatic heterocycles. The van der Waals surface area contributed by atoms with Crippen LogP contribution in [-0.2, 0) is 18.3 Å². The topological polar surface area (TPSA) is 70.2 Å². The number of aromatic nitrogens is 5. The molecule has 0 amide bonds. The highest BCUT2D eigenvalue weighted by Crippen LogP contribution is 2.42. The van der Waals surface area contributed by atoms with Gasteiger partial charge in [-0.25, -0.2) is 4.98 Å². The fourth-order valence-corrected chi connectivity index (χ4v) is 4.60. The van der Waals surface area contributed by atoms with Crippen LogP contribution in [0.5, 0.6) is 0 Å². The Morgan fingerprint density at radius 3 is 2.88 bits per heavy atom. The number of hydrogen-bond donors (Lipinski definition) is 2. The monoisotopic (exact) mass is 375 g/mol. The molecule has 132 valence electrons. The summed E-state index contributed by atoms with van der Waals surface area (Å²) in [7, 11) is 0. The second-order valence-electron chi connectivity index (χ2n) is 6.16. The van der Waals surface area contributed by atoms with Crippen LogP contribution in [-0.4, -0.2) is 31.1 Å². The Kier molecular flexibility index (Phi) is 3.30. The van der Waals surface area contributed by atoms with E-state index in [1.807, 2.05) is 12.1 Å². The Labute approximate surface area is 149 Å². The molecule has 26 heavy (non-hydrogen) atoms. The lowest BCUT2D eigenvalue weighted by atomic mass is 9.94. The summed E-state index contributed by atoms with van der Waals surface area (Å²) in [6, 6.07) is 3.68. The zero-order chi connectivity index (χ0) is 17.9. The van der Waals surface area contributed by atoms with E-state index in [1.54, 1.807) is 18.0 Å². The number of fused-ring (bicyclic) bond motifs is 5. The van der Waals surface area contributed by atoms with E-state index >= 15 is 0 Å². The number of hydrogen-bond acceptors (Lipinski definition) is 4. The molecule has 3 aromatic heterocycles. The number of alkyl halides is 3. The molecule has 4 heterocycles. The normalized spacial score (nSPS) is 14.9. The van der Waals surface area contributed by atoms with Crippen molar-refractivity contribution in [3.05, 3.63) is 41.3 Å². The van der Waals surface area contributed by atoms with Gasteiger partial charge in [-0.05, 0) is 35.4 Å². The molecule has 0 fully saturated rings. The van der Waals surface area contributed by atoms with Crippen LogP contribution in [0.4, 0.5) is 13.2 Å². The van der Waals surface area contributed by atoms with Gasteiger partial charge in [-0.2, -0.15) is 35.1 Å². The first kappa shape index (κ1) is 15.7. The molecule has 2 N–H and O–H groups in total. The number of aromatic amines is 2. The molecule has 0 unspecified atom stereocenters. The summed E-state index contributed by atoms with van der Waals surface area (Å²) in [6.45, 7) is 0. The van der Waals surface area contributed by atoms with E-state index in [4.69, 9.17) is 0 Å². The highest BCUT2D eigenvalue weighted by Gasteiger charge is 2.38. The van der Waals surface area contributed by atoms with Crippen LogP contribution in [0, 0.1) is 0 Å². The largest absolute Gasteiger partial charge is 0.435 e. The van der Waals surface area contributed by atoms with Crippen LogP contribution >= 0.6 is 11.8 Å². The van der Waals surface area contributed by atoms with Crippen molar-refractivity contribution in [1.82, 2.24) is 25.4 Å². The molecule has 0 atom stereocenters. The molecule has 0 saturated heterocycles. The molecule has 0 bridgehead atoms. The number of halogens is 3. The summed E-state index contributed by atoms with van der Waals surface area (Å²) in [5.74, 6) is 1.56. The zero-order valence-electron chi connectivity index (χ0n) is 13.3. The molecule has 0 aliphatic carbocycles. The molecule has 9 heteroatoms. The molecule has 5 rings (SSSR count). The van der Waals surface area contributed by atoms with Gasteiger partial charge < -0.3 is 0 Å². The van der Waals surface area contributed by atoms with Crippen molar-refractivity contribution < 1.29 is 13.2 Å². The smallest absolute Gasteiger partial charge is 0.284 e. The van der Waals surface area contributed by atoms with Crippen molar-refractivity contribution >= 4 is 33.6 Å². The first-order chi connectivity index (χ1) is 12.5. The van der Waals surface area contributed by atoms with Crippen molar-refractivity contribution in [3.8, 4) is 11.3 Å². The number of aryl methyl sites for hydroxylation is 1. The maximum absolute atomic E-state index is 13.4. The van der Waals surface area contributed by atoms with Gasteiger partial charge in [0.1, 0.15) is 0 Å². The van der Waals surface area contributed by atoms with Crippen molar-refractivity contribution in [2.45, 2.75) is 18.3 Å². The Morgan fingerprint density at radius 1 is 1.15 bits per heavy atom. The minimum atomic E-state index is -4.53. The fraction of sp³-hybridized carbons (Fsp3) is 0.235. The third-order valence-electron chi connectivity index (χ3n) is 4.69. The number of H-pyrrole nitrogens is 2. The minimum Gasteiger partial charge on any atom is -0.284 e. The predicted octanol–water partition coefficient (Wildman–Crippen LogP) is 4.31. The molecule has 1 aromatic carbocycles. The second kappa shape index (κ2) is 5.47. The third kappa shape index (κ3) is 2.23. The Morgan fingerprint density at radius 2 is 2.04 bits per heavy atom. The van der Waals surface area contributed by atoms with E-state index in [2.05, 4.69) is 25.4 Å². The zero-order valence-corrected chi connectivity index (χ0v) is 14.1. The number of nitrogens with one attached hydrogen (secondary N) is 2. The van der Waals surface area contributed by atoms with E-state index in [-0.39, 0.29) is 5.56 Å². The van der Waals surface area contributed by atoms with Crippen LogP contribution < -0.4 is 0 Å². The van der Waals surface area contributed by atoms with Gasteiger partial charge in [0.2, 0.25) is 0 Å². The molecule has 4 aromatic rings. The van der Waals surface area contributed by atoms with Gasteiger partial charge in [-0.1, -0.05) is 0 Å². The van der Waals surface area contributed by atoms with Crippen molar-refractivity contribution in [3.63, 3.8) is 0 Å². The lowest BCUT2D eigenvalue weighted by Crippen LogP contribution is -2.11. The second-order valence-corrected chi connectivity index (χ2v) is 7.26. The number of rotatable bonds is 1. The number of pyridine rings is 1. The molecule has 0 saturated carbocycles. The first-order valence-corrected chi connectivity index (χ1v) is 9.16. The summed E-state index contributed by atoms with van der Waals surface area (Å²) in [5, 5.41) is 14.7. The Bertz CT molecular complexity index is 1140. The van der Waals surface area contributed by atoms with Gasteiger partial charge in [-0.3, -0.25) is 10.2 Å². The summed E-state index contributed by atoms with van der Waals surface area (Å²) >= 11 is 1.70. The van der Waals surface area contributed by atoms with Crippen molar-refractivity contribution in [2.24, 2.45) is 0 Å². The van der Waals surface area contributed by atoms with Gasteiger partial charge in [0, 0.05) is 22.7 Å². The average Bonchev–Trinajstić information content (AvgIpc) is 3.29. The predicted molar refractivity (Wildman–Crippen MR) is 93.8 cm³/mol.